The molecule has 0 unspecified atom stereocenters. The number of carbonyl (C=O) groups excluding carboxylic acids is 1. The molecule has 0 spiro atoms. The van der Waals surface area contributed by atoms with Gasteiger partial charge >= 0.3 is 0 Å². The number of anilines is 1. The van der Waals surface area contributed by atoms with Crippen LogP contribution in [0.1, 0.15) is 55.8 Å². The number of unbranched alkanes of at least 4 members (excludes halogenated alkanes) is 3. The molecule has 1 fully saturated rings. The van der Waals surface area contributed by atoms with Gasteiger partial charge in [0.05, 0.1) is 31.0 Å². The molecule has 218 valence electrons. The summed E-state index contributed by atoms with van der Waals surface area (Å²) in [5.74, 6) is 2.28. The molecule has 9 nitrogen and oxygen atoms in total. The van der Waals surface area contributed by atoms with Crippen molar-refractivity contribution < 1.29 is 14.3 Å². The van der Waals surface area contributed by atoms with Crippen LogP contribution in [0.4, 0.5) is 11.6 Å². The van der Waals surface area contributed by atoms with Gasteiger partial charge in [-0.3, -0.25) is 9.79 Å². The Morgan fingerprint density at radius 1 is 0.976 bits per heavy atom. The van der Waals surface area contributed by atoms with Gasteiger partial charge in [-0.25, -0.2) is 9.97 Å². The van der Waals surface area contributed by atoms with Gasteiger partial charge in [-0.05, 0) is 87.3 Å². The lowest BCUT2D eigenvalue weighted by Gasteiger charge is -2.24. The molecule has 2 aliphatic heterocycles. The zero-order chi connectivity index (χ0) is 28.6. The third-order valence-corrected chi connectivity index (χ3v) is 8.07. The van der Waals surface area contributed by atoms with E-state index in [0.717, 1.165) is 99.4 Å². The smallest absolute Gasteiger partial charge is 0.256 e. The van der Waals surface area contributed by atoms with Crippen LogP contribution in [0.2, 0.25) is 0 Å². The van der Waals surface area contributed by atoms with E-state index in [0.29, 0.717) is 17.9 Å². The van der Waals surface area contributed by atoms with Crippen molar-refractivity contribution in [2.75, 3.05) is 58.4 Å². The molecule has 41 heavy (non-hydrogen) atoms. The molecular formula is C32H42N6O3. The molecule has 2 aliphatic rings. The molecule has 0 saturated carbocycles. The maximum atomic E-state index is 13.2. The fraction of sp³-hybridized carbons (Fsp3) is 0.500. The highest BCUT2D eigenvalue weighted by atomic mass is 16.5. The maximum absolute atomic E-state index is 13.2. The number of benzene rings is 2. The van der Waals surface area contributed by atoms with Gasteiger partial charge in [-0.2, -0.15) is 0 Å². The third kappa shape index (κ3) is 6.96. The Balaban J connectivity index is 1.08. The number of ether oxygens (including phenoxy) is 2. The van der Waals surface area contributed by atoms with Crippen LogP contribution in [0.5, 0.6) is 11.5 Å². The molecule has 1 amide bonds. The Morgan fingerprint density at radius 3 is 2.56 bits per heavy atom. The first-order valence-electron chi connectivity index (χ1n) is 14.9. The van der Waals surface area contributed by atoms with E-state index in [1.54, 1.807) is 19.5 Å². The molecule has 9 heteroatoms. The van der Waals surface area contributed by atoms with Gasteiger partial charge in [0.2, 0.25) is 5.95 Å². The largest absolute Gasteiger partial charge is 0.493 e. The Kier molecular flexibility index (Phi) is 9.67. The normalized spacial score (nSPS) is 16.1. The zero-order valence-electron chi connectivity index (χ0n) is 24.6. The summed E-state index contributed by atoms with van der Waals surface area (Å²) in [6.07, 6.45) is 12.0. The number of amides is 1. The molecule has 0 N–H and O–H groups in total. The first-order chi connectivity index (χ1) is 20.1. The van der Waals surface area contributed by atoms with Crippen molar-refractivity contribution in [3.8, 4) is 11.5 Å². The van der Waals surface area contributed by atoms with Crippen molar-refractivity contribution in [1.82, 2.24) is 19.8 Å². The van der Waals surface area contributed by atoms with Gasteiger partial charge in [-0.15, -0.1) is 0 Å². The number of fused-ring (bicyclic) bond motifs is 3. The second kappa shape index (κ2) is 13.8. The summed E-state index contributed by atoms with van der Waals surface area (Å²) in [5.41, 5.74) is 1.39. The van der Waals surface area contributed by atoms with Gasteiger partial charge in [0, 0.05) is 44.8 Å². The number of aromatic nitrogens is 2. The van der Waals surface area contributed by atoms with Crippen molar-refractivity contribution >= 4 is 34.5 Å². The lowest BCUT2D eigenvalue weighted by atomic mass is 10.0. The number of hydrogen-bond acceptors (Lipinski definition) is 8. The molecule has 2 aromatic carbocycles. The predicted octanol–water partition coefficient (Wildman–Crippen LogP) is 5.36. The summed E-state index contributed by atoms with van der Waals surface area (Å²) in [6, 6.07) is 9.87. The highest BCUT2D eigenvalue weighted by Gasteiger charge is 2.31. The van der Waals surface area contributed by atoms with E-state index in [2.05, 4.69) is 38.7 Å². The highest BCUT2D eigenvalue weighted by Crippen LogP contribution is 2.37. The number of rotatable bonds is 14. The molecule has 1 atom stereocenters. The Labute approximate surface area is 243 Å². The quantitative estimate of drug-likeness (QED) is 0.247. The van der Waals surface area contributed by atoms with Crippen LogP contribution in [0.3, 0.4) is 0 Å². The minimum atomic E-state index is 0.0668. The predicted molar refractivity (Wildman–Crippen MR) is 164 cm³/mol. The lowest BCUT2D eigenvalue weighted by Crippen LogP contribution is -2.35. The molecule has 0 aliphatic carbocycles. The maximum Gasteiger partial charge on any atom is 0.256 e. The molecule has 3 heterocycles. The molecule has 3 aromatic rings. The third-order valence-electron chi connectivity index (χ3n) is 8.07. The first kappa shape index (κ1) is 28.8. The molecule has 1 aromatic heterocycles. The standard InChI is InChI=1S/C32H42N6O3/c1-4-37(32-33-12-10-13-34-32)17-16-36(2)14-7-5-6-8-18-41-30-22-25-20-28-27(19-24(25)21-29(30)40-3)31(39)38-15-9-11-26(38)23-35-28/h10,12-13,19-23,26H,4-9,11,14-18H2,1-3H3/t26-/m0/s1. The van der Waals surface area contributed by atoms with Crippen molar-refractivity contribution in [1.29, 1.82) is 0 Å². The van der Waals surface area contributed by atoms with Crippen LogP contribution in [0.25, 0.3) is 10.8 Å². The van der Waals surface area contributed by atoms with E-state index in [-0.39, 0.29) is 11.9 Å². The molecule has 1 saturated heterocycles. The lowest BCUT2D eigenvalue weighted by molar-refractivity contribution is 0.0775. The second-order valence-corrected chi connectivity index (χ2v) is 10.9. The Bertz CT molecular complexity index is 1350. The number of hydrogen-bond donors (Lipinski definition) is 0. The fourth-order valence-electron chi connectivity index (χ4n) is 5.64. The summed E-state index contributed by atoms with van der Waals surface area (Å²) in [4.78, 5) is 33.1. The summed E-state index contributed by atoms with van der Waals surface area (Å²) < 4.78 is 11.8. The number of nitrogens with zero attached hydrogens (tertiary/aromatic N) is 6. The van der Waals surface area contributed by atoms with Gasteiger partial charge in [-0.1, -0.05) is 12.8 Å². The van der Waals surface area contributed by atoms with Gasteiger partial charge < -0.3 is 24.2 Å². The van der Waals surface area contributed by atoms with Gasteiger partial charge in [0.25, 0.3) is 5.91 Å². The monoisotopic (exact) mass is 558 g/mol. The van der Waals surface area contributed by atoms with Crippen molar-refractivity contribution in [2.45, 2.75) is 51.5 Å². The Morgan fingerprint density at radius 2 is 1.76 bits per heavy atom. The van der Waals surface area contributed by atoms with E-state index in [9.17, 15) is 4.79 Å². The average molecular weight is 559 g/mol. The number of aliphatic imine (C=N–C) groups is 1. The van der Waals surface area contributed by atoms with Crippen molar-refractivity contribution in [3.05, 3.63) is 48.3 Å². The molecular weight excluding hydrogens is 516 g/mol. The number of carbonyl (C=O) groups is 1. The van der Waals surface area contributed by atoms with Crippen molar-refractivity contribution in [3.63, 3.8) is 0 Å². The van der Waals surface area contributed by atoms with Crippen LogP contribution in [0, 0.1) is 0 Å². The zero-order valence-corrected chi connectivity index (χ0v) is 24.6. The van der Waals surface area contributed by atoms with E-state index in [1.807, 2.05) is 41.4 Å². The van der Waals surface area contributed by atoms with Crippen LogP contribution < -0.4 is 14.4 Å². The second-order valence-electron chi connectivity index (χ2n) is 10.9. The molecule has 0 radical (unpaired) electrons. The number of likely N-dealkylation sites (N-methyl/N-ethyl adjacent to an activating group) is 2. The fourth-order valence-corrected chi connectivity index (χ4v) is 5.64. The highest BCUT2D eigenvalue weighted by molar-refractivity contribution is 6.07. The van der Waals surface area contributed by atoms with E-state index >= 15 is 0 Å². The Hall–Kier alpha value is -3.72. The molecule has 0 bridgehead atoms. The molecule has 5 rings (SSSR count). The summed E-state index contributed by atoms with van der Waals surface area (Å²) >= 11 is 0. The summed E-state index contributed by atoms with van der Waals surface area (Å²) in [5, 5.41) is 1.95. The summed E-state index contributed by atoms with van der Waals surface area (Å²) in [6.45, 7) is 7.44. The minimum Gasteiger partial charge on any atom is -0.493 e. The topological polar surface area (TPSA) is 83.4 Å². The van der Waals surface area contributed by atoms with Gasteiger partial charge in [0.15, 0.2) is 11.5 Å². The van der Waals surface area contributed by atoms with Crippen LogP contribution in [-0.4, -0.2) is 91.4 Å². The first-order valence-corrected chi connectivity index (χ1v) is 14.9. The summed E-state index contributed by atoms with van der Waals surface area (Å²) in [7, 11) is 3.84. The van der Waals surface area contributed by atoms with E-state index in [4.69, 9.17) is 9.47 Å². The van der Waals surface area contributed by atoms with Crippen LogP contribution >= 0.6 is 0 Å². The van der Waals surface area contributed by atoms with E-state index < -0.39 is 0 Å². The SMILES string of the molecule is CCN(CCN(C)CCCCCCOc1cc2cc3c(cc2cc1OC)C(=O)N1CCC[C@H]1C=N3)c1ncccn1. The minimum absolute atomic E-state index is 0.0668. The van der Waals surface area contributed by atoms with Crippen LogP contribution in [-0.2, 0) is 0 Å². The van der Waals surface area contributed by atoms with Crippen LogP contribution in [0.15, 0.2) is 47.7 Å². The van der Waals surface area contributed by atoms with E-state index in [1.165, 1.54) is 0 Å². The number of methoxy groups -OCH3 is 1. The van der Waals surface area contributed by atoms with Gasteiger partial charge in [0.1, 0.15) is 0 Å². The van der Waals surface area contributed by atoms with Crippen molar-refractivity contribution in [2.24, 2.45) is 4.99 Å². The average Bonchev–Trinajstić information content (AvgIpc) is 3.43.